The first-order chi connectivity index (χ1) is 9.61. The molecule has 1 atom stereocenters. The standard InChI is InChI=1S/C15H12Br2FNO/c16-10-2-4-15-9(5-10)6-12(20-15)8-19-14-7-11(17)1-3-13(14)18/h1-5,7,12,19H,6,8H2. The van der Waals surface area contributed by atoms with Gasteiger partial charge in [-0.25, -0.2) is 4.39 Å². The van der Waals surface area contributed by atoms with Crippen LogP contribution in [-0.2, 0) is 6.42 Å². The second-order valence-electron chi connectivity index (χ2n) is 4.70. The minimum absolute atomic E-state index is 0.0256. The van der Waals surface area contributed by atoms with Gasteiger partial charge in [-0.1, -0.05) is 31.9 Å². The van der Waals surface area contributed by atoms with Crippen molar-refractivity contribution in [1.82, 2.24) is 0 Å². The number of halogens is 3. The lowest BCUT2D eigenvalue weighted by Gasteiger charge is -2.13. The highest BCUT2D eigenvalue weighted by molar-refractivity contribution is 9.10. The van der Waals surface area contributed by atoms with Crippen molar-refractivity contribution in [3.05, 3.63) is 56.7 Å². The molecule has 2 aromatic rings. The van der Waals surface area contributed by atoms with Crippen LogP contribution in [0.2, 0.25) is 0 Å². The summed E-state index contributed by atoms with van der Waals surface area (Å²) < 4.78 is 21.4. The van der Waals surface area contributed by atoms with Gasteiger partial charge in [0.1, 0.15) is 17.7 Å². The maximum absolute atomic E-state index is 13.6. The van der Waals surface area contributed by atoms with Crippen molar-refractivity contribution in [3.63, 3.8) is 0 Å². The molecule has 0 radical (unpaired) electrons. The maximum atomic E-state index is 13.6. The number of hydrogen-bond acceptors (Lipinski definition) is 2. The molecule has 0 aromatic heterocycles. The topological polar surface area (TPSA) is 21.3 Å². The fourth-order valence-corrected chi connectivity index (χ4v) is 3.03. The molecular formula is C15H12Br2FNO. The third kappa shape index (κ3) is 2.99. The summed E-state index contributed by atoms with van der Waals surface area (Å²) >= 11 is 6.79. The van der Waals surface area contributed by atoms with Gasteiger partial charge in [-0.15, -0.1) is 0 Å². The van der Waals surface area contributed by atoms with Gasteiger partial charge in [0.25, 0.3) is 0 Å². The largest absolute Gasteiger partial charge is 0.488 e. The van der Waals surface area contributed by atoms with Crippen molar-refractivity contribution in [3.8, 4) is 5.75 Å². The van der Waals surface area contributed by atoms with Gasteiger partial charge in [-0.3, -0.25) is 0 Å². The van der Waals surface area contributed by atoms with Gasteiger partial charge in [0.15, 0.2) is 0 Å². The molecule has 0 aliphatic carbocycles. The van der Waals surface area contributed by atoms with E-state index in [1.807, 2.05) is 12.1 Å². The van der Waals surface area contributed by atoms with Crippen LogP contribution in [0.25, 0.3) is 0 Å². The first-order valence-corrected chi connectivity index (χ1v) is 7.84. The number of ether oxygens (including phenoxy) is 1. The molecule has 0 bridgehead atoms. The molecule has 0 amide bonds. The third-order valence-electron chi connectivity index (χ3n) is 3.21. The Hall–Kier alpha value is -1.07. The molecule has 0 fully saturated rings. The van der Waals surface area contributed by atoms with Crippen LogP contribution in [0.4, 0.5) is 10.1 Å². The lowest BCUT2D eigenvalue weighted by Crippen LogP contribution is -2.24. The minimum atomic E-state index is -0.258. The quantitative estimate of drug-likeness (QED) is 0.801. The van der Waals surface area contributed by atoms with Crippen LogP contribution in [0.1, 0.15) is 5.56 Å². The Kier molecular flexibility index (Phi) is 3.98. The molecule has 0 saturated carbocycles. The fraction of sp³-hybridized carbons (Fsp3) is 0.200. The average molecular weight is 401 g/mol. The molecule has 1 aliphatic heterocycles. The van der Waals surface area contributed by atoms with Crippen LogP contribution in [0.5, 0.6) is 5.75 Å². The smallest absolute Gasteiger partial charge is 0.146 e. The Morgan fingerprint density at radius 1 is 1.15 bits per heavy atom. The zero-order valence-corrected chi connectivity index (χ0v) is 13.7. The van der Waals surface area contributed by atoms with Crippen LogP contribution < -0.4 is 10.1 Å². The van der Waals surface area contributed by atoms with E-state index in [9.17, 15) is 4.39 Å². The van der Waals surface area contributed by atoms with Crippen molar-refractivity contribution in [1.29, 1.82) is 0 Å². The molecule has 104 valence electrons. The van der Waals surface area contributed by atoms with Gasteiger partial charge in [-0.05, 0) is 42.0 Å². The van der Waals surface area contributed by atoms with Gasteiger partial charge in [0.05, 0.1) is 12.2 Å². The molecule has 5 heteroatoms. The van der Waals surface area contributed by atoms with Crippen molar-refractivity contribution < 1.29 is 9.13 Å². The van der Waals surface area contributed by atoms with Gasteiger partial charge >= 0.3 is 0 Å². The normalized spacial score (nSPS) is 16.6. The van der Waals surface area contributed by atoms with Crippen LogP contribution in [0.3, 0.4) is 0 Å². The van der Waals surface area contributed by atoms with E-state index in [1.54, 1.807) is 12.1 Å². The summed E-state index contributed by atoms with van der Waals surface area (Å²) in [7, 11) is 0. The van der Waals surface area contributed by atoms with E-state index in [2.05, 4.69) is 43.2 Å². The number of rotatable bonds is 3. The highest BCUT2D eigenvalue weighted by Gasteiger charge is 2.22. The molecule has 1 heterocycles. The number of fused-ring (bicyclic) bond motifs is 1. The van der Waals surface area contributed by atoms with Crippen molar-refractivity contribution in [2.75, 3.05) is 11.9 Å². The highest BCUT2D eigenvalue weighted by Crippen LogP contribution is 2.31. The Bertz CT molecular complexity index is 648. The molecule has 0 saturated heterocycles. The maximum Gasteiger partial charge on any atom is 0.146 e. The van der Waals surface area contributed by atoms with Crippen molar-refractivity contribution >= 4 is 37.5 Å². The van der Waals surface area contributed by atoms with E-state index in [0.717, 1.165) is 21.1 Å². The summed E-state index contributed by atoms with van der Waals surface area (Å²) in [6.45, 7) is 0.569. The summed E-state index contributed by atoms with van der Waals surface area (Å²) in [6.07, 6.45) is 0.856. The van der Waals surface area contributed by atoms with E-state index in [4.69, 9.17) is 4.74 Å². The SMILES string of the molecule is Fc1ccc(Br)cc1NCC1Cc2cc(Br)ccc2O1. The van der Waals surface area contributed by atoms with Gasteiger partial charge in [0, 0.05) is 15.4 Å². The molecule has 1 unspecified atom stereocenters. The van der Waals surface area contributed by atoms with E-state index in [0.29, 0.717) is 12.2 Å². The Morgan fingerprint density at radius 3 is 2.75 bits per heavy atom. The summed E-state index contributed by atoms with van der Waals surface area (Å²) in [5.41, 5.74) is 1.67. The number of nitrogens with one attached hydrogen (secondary N) is 1. The second-order valence-corrected chi connectivity index (χ2v) is 6.53. The predicted molar refractivity (Wildman–Crippen MR) is 84.9 cm³/mol. The number of benzene rings is 2. The lowest BCUT2D eigenvalue weighted by molar-refractivity contribution is 0.246. The van der Waals surface area contributed by atoms with Gasteiger partial charge < -0.3 is 10.1 Å². The number of hydrogen-bond donors (Lipinski definition) is 1. The van der Waals surface area contributed by atoms with Crippen LogP contribution in [-0.4, -0.2) is 12.6 Å². The zero-order chi connectivity index (χ0) is 14.1. The van der Waals surface area contributed by atoms with Crippen molar-refractivity contribution in [2.24, 2.45) is 0 Å². The molecule has 2 nitrogen and oxygen atoms in total. The van der Waals surface area contributed by atoms with Crippen molar-refractivity contribution in [2.45, 2.75) is 12.5 Å². The molecule has 3 rings (SSSR count). The van der Waals surface area contributed by atoms with E-state index >= 15 is 0 Å². The molecular weight excluding hydrogens is 389 g/mol. The second kappa shape index (κ2) is 5.74. The minimum Gasteiger partial charge on any atom is -0.488 e. The van der Waals surface area contributed by atoms with Gasteiger partial charge in [-0.2, -0.15) is 0 Å². The molecule has 1 aliphatic rings. The number of anilines is 1. The molecule has 1 N–H and O–H groups in total. The Balaban J connectivity index is 1.65. The van der Waals surface area contributed by atoms with E-state index in [1.165, 1.54) is 11.6 Å². The predicted octanol–water partition coefficient (Wildman–Crippen LogP) is 4.77. The Morgan fingerprint density at radius 2 is 1.90 bits per heavy atom. The zero-order valence-electron chi connectivity index (χ0n) is 10.5. The highest BCUT2D eigenvalue weighted by atomic mass is 79.9. The molecule has 0 spiro atoms. The van der Waals surface area contributed by atoms with Gasteiger partial charge in [0.2, 0.25) is 0 Å². The Labute approximate surface area is 133 Å². The summed E-state index contributed by atoms with van der Waals surface area (Å²) in [6, 6.07) is 10.8. The first-order valence-electron chi connectivity index (χ1n) is 6.26. The summed E-state index contributed by atoms with van der Waals surface area (Å²) in [5, 5.41) is 3.10. The van der Waals surface area contributed by atoms with Crippen LogP contribution in [0.15, 0.2) is 45.3 Å². The fourth-order valence-electron chi connectivity index (χ4n) is 2.26. The summed E-state index contributed by atoms with van der Waals surface area (Å²) in [5.74, 6) is 0.654. The van der Waals surface area contributed by atoms with E-state index < -0.39 is 0 Å². The third-order valence-corrected chi connectivity index (χ3v) is 4.20. The lowest BCUT2D eigenvalue weighted by atomic mass is 10.1. The monoisotopic (exact) mass is 399 g/mol. The summed E-state index contributed by atoms with van der Waals surface area (Å²) in [4.78, 5) is 0. The van der Waals surface area contributed by atoms with Crippen LogP contribution in [0, 0.1) is 5.82 Å². The average Bonchev–Trinajstić information content (AvgIpc) is 2.81. The molecule has 2 aromatic carbocycles. The van der Waals surface area contributed by atoms with E-state index in [-0.39, 0.29) is 11.9 Å². The van der Waals surface area contributed by atoms with Crippen LogP contribution >= 0.6 is 31.9 Å². The molecule has 20 heavy (non-hydrogen) atoms. The first kappa shape index (κ1) is 13.9.